The van der Waals surface area contributed by atoms with Gasteiger partial charge in [0.15, 0.2) is 0 Å². The maximum absolute atomic E-state index is 11.9. The van der Waals surface area contributed by atoms with Gasteiger partial charge >= 0.3 is 0 Å². The average Bonchev–Trinajstić information content (AvgIpc) is 3.20. The van der Waals surface area contributed by atoms with Crippen molar-refractivity contribution in [2.24, 2.45) is 0 Å². The van der Waals surface area contributed by atoms with E-state index in [-0.39, 0.29) is 12.3 Å². The Morgan fingerprint density at radius 1 is 1.26 bits per heavy atom. The molecule has 0 aliphatic carbocycles. The Kier molecular flexibility index (Phi) is 4.94. The highest BCUT2D eigenvalue weighted by atomic mass is 32.1. The van der Waals surface area contributed by atoms with Gasteiger partial charge in [-0.15, -0.1) is 21.5 Å². The highest BCUT2D eigenvalue weighted by Crippen LogP contribution is 2.26. The SMILES string of the molecule is CCOc1ccc(-c2nc(CC(=O)Nc3nncs3)cs2)cc1. The zero-order valence-corrected chi connectivity index (χ0v) is 14.0. The third-order valence-corrected chi connectivity index (χ3v) is 4.46. The van der Waals surface area contributed by atoms with E-state index in [1.807, 2.05) is 36.6 Å². The molecule has 1 amide bonds. The molecule has 0 spiro atoms. The van der Waals surface area contributed by atoms with Crippen LogP contribution in [0, 0.1) is 0 Å². The number of carbonyl (C=O) groups is 1. The van der Waals surface area contributed by atoms with E-state index in [1.54, 1.807) is 5.51 Å². The molecule has 23 heavy (non-hydrogen) atoms. The van der Waals surface area contributed by atoms with E-state index in [9.17, 15) is 4.79 Å². The van der Waals surface area contributed by atoms with Gasteiger partial charge in [0, 0.05) is 10.9 Å². The summed E-state index contributed by atoms with van der Waals surface area (Å²) < 4.78 is 5.42. The minimum atomic E-state index is -0.148. The van der Waals surface area contributed by atoms with Crippen LogP contribution in [-0.2, 0) is 11.2 Å². The average molecular weight is 346 g/mol. The molecule has 0 saturated heterocycles. The van der Waals surface area contributed by atoms with E-state index in [1.165, 1.54) is 22.7 Å². The van der Waals surface area contributed by atoms with E-state index in [0.29, 0.717) is 11.7 Å². The number of hydrogen-bond donors (Lipinski definition) is 1. The third-order valence-electron chi connectivity index (χ3n) is 2.91. The van der Waals surface area contributed by atoms with Crippen molar-refractivity contribution in [1.29, 1.82) is 0 Å². The lowest BCUT2D eigenvalue weighted by atomic mass is 10.2. The molecule has 6 nitrogen and oxygen atoms in total. The Morgan fingerprint density at radius 3 is 2.78 bits per heavy atom. The standard InChI is InChI=1S/C15H14N4O2S2/c1-2-21-12-5-3-10(4-6-12)14-17-11(8-22-14)7-13(20)18-15-19-16-9-23-15/h3-6,8-9H,2,7H2,1H3,(H,18,19,20). The van der Waals surface area contributed by atoms with Crippen LogP contribution in [0.3, 0.4) is 0 Å². The number of nitrogens with zero attached hydrogens (tertiary/aromatic N) is 3. The lowest BCUT2D eigenvalue weighted by Crippen LogP contribution is -2.14. The molecule has 2 heterocycles. The van der Waals surface area contributed by atoms with E-state index in [2.05, 4.69) is 20.5 Å². The summed E-state index contributed by atoms with van der Waals surface area (Å²) in [5.41, 5.74) is 3.32. The van der Waals surface area contributed by atoms with Crippen LogP contribution in [0.4, 0.5) is 5.13 Å². The van der Waals surface area contributed by atoms with Crippen molar-refractivity contribution >= 4 is 33.7 Å². The molecule has 0 saturated carbocycles. The highest BCUT2D eigenvalue weighted by Gasteiger charge is 2.10. The van der Waals surface area contributed by atoms with E-state index in [4.69, 9.17) is 4.74 Å². The lowest BCUT2D eigenvalue weighted by Gasteiger charge is -2.03. The quantitative estimate of drug-likeness (QED) is 0.741. The Balaban J connectivity index is 1.64. The molecule has 0 aliphatic heterocycles. The molecule has 0 unspecified atom stereocenters. The summed E-state index contributed by atoms with van der Waals surface area (Å²) in [5, 5.41) is 13.4. The minimum Gasteiger partial charge on any atom is -0.494 e. The van der Waals surface area contributed by atoms with Crippen LogP contribution in [-0.4, -0.2) is 27.7 Å². The molecule has 118 valence electrons. The fourth-order valence-electron chi connectivity index (χ4n) is 1.94. The first-order chi connectivity index (χ1) is 11.2. The van der Waals surface area contributed by atoms with Crippen molar-refractivity contribution in [2.45, 2.75) is 13.3 Å². The number of anilines is 1. The van der Waals surface area contributed by atoms with Gasteiger partial charge in [-0.05, 0) is 31.2 Å². The second-order valence-electron chi connectivity index (χ2n) is 4.57. The molecule has 8 heteroatoms. The number of aromatic nitrogens is 3. The Labute approximate surface area is 141 Å². The second kappa shape index (κ2) is 7.30. The molecule has 0 atom stereocenters. The minimum absolute atomic E-state index is 0.148. The van der Waals surface area contributed by atoms with Crippen molar-refractivity contribution in [2.75, 3.05) is 11.9 Å². The molecule has 1 aromatic carbocycles. The van der Waals surface area contributed by atoms with Crippen LogP contribution in [0.5, 0.6) is 5.75 Å². The summed E-state index contributed by atoms with van der Waals surface area (Å²) in [6.45, 7) is 2.60. The molecule has 0 fully saturated rings. The fourth-order valence-corrected chi connectivity index (χ4v) is 3.22. The molecule has 1 N–H and O–H groups in total. The third kappa shape index (κ3) is 4.11. The summed E-state index contributed by atoms with van der Waals surface area (Å²) in [6.07, 6.45) is 0.215. The van der Waals surface area contributed by atoms with Crippen molar-refractivity contribution in [1.82, 2.24) is 15.2 Å². The van der Waals surface area contributed by atoms with E-state index >= 15 is 0 Å². The molecule has 2 aromatic heterocycles. The predicted molar refractivity (Wildman–Crippen MR) is 91.0 cm³/mol. The maximum Gasteiger partial charge on any atom is 0.232 e. The maximum atomic E-state index is 11.9. The summed E-state index contributed by atoms with van der Waals surface area (Å²) in [7, 11) is 0. The van der Waals surface area contributed by atoms with Crippen LogP contribution in [0.25, 0.3) is 10.6 Å². The van der Waals surface area contributed by atoms with Crippen LogP contribution in [0.2, 0.25) is 0 Å². The first-order valence-corrected chi connectivity index (χ1v) is 8.74. The number of rotatable bonds is 6. The number of hydrogen-bond acceptors (Lipinski definition) is 7. The summed E-state index contributed by atoms with van der Waals surface area (Å²) >= 11 is 2.80. The number of benzene rings is 1. The van der Waals surface area contributed by atoms with E-state index < -0.39 is 0 Å². The van der Waals surface area contributed by atoms with Gasteiger partial charge in [0.05, 0.1) is 18.7 Å². The number of ether oxygens (including phenoxy) is 1. The normalized spacial score (nSPS) is 10.5. The number of carbonyl (C=O) groups excluding carboxylic acids is 1. The van der Waals surface area contributed by atoms with Crippen LogP contribution in [0.1, 0.15) is 12.6 Å². The van der Waals surface area contributed by atoms with Crippen molar-refractivity contribution in [3.05, 3.63) is 40.8 Å². The van der Waals surface area contributed by atoms with Gasteiger partial charge in [-0.25, -0.2) is 4.98 Å². The van der Waals surface area contributed by atoms with Gasteiger partial charge in [0.1, 0.15) is 16.3 Å². The van der Waals surface area contributed by atoms with Gasteiger partial charge < -0.3 is 10.1 Å². The molecule has 0 bridgehead atoms. The van der Waals surface area contributed by atoms with Gasteiger partial charge in [-0.2, -0.15) is 0 Å². The number of thiazole rings is 1. The zero-order valence-electron chi connectivity index (χ0n) is 12.4. The van der Waals surface area contributed by atoms with Gasteiger partial charge in [0.2, 0.25) is 11.0 Å². The second-order valence-corrected chi connectivity index (χ2v) is 6.26. The zero-order chi connectivity index (χ0) is 16.1. The fraction of sp³-hybridized carbons (Fsp3) is 0.200. The highest BCUT2D eigenvalue weighted by molar-refractivity contribution is 7.13. The lowest BCUT2D eigenvalue weighted by molar-refractivity contribution is -0.115. The smallest absolute Gasteiger partial charge is 0.232 e. The molecular weight excluding hydrogens is 332 g/mol. The predicted octanol–water partition coefficient (Wildman–Crippen LogP) is 3.24. The first kappa shape index (κ1) is 15.6. The molecule has 3 aromatic rings. The van der Waals surface area contributed by atoms with Gasteiger partial charge in [-0.1, -0.05) is 11.3 Å². The Morgan fingerprint density at radius 2 is 2.09 bits per heavy atom. The van der Waals surface area contributed by atoms with Crippen LogP contribution < -0.4 is 10.1 Å². The first-order valence-electron chi connectivity index (χ1n) is 6.98. The van der Waals surface area contributed by atoms with E-state index in [0.717, 1.165) is 22.0 Å². The van der Waals surface area contributed by atoms with Crippen LogP contribution >= 0.6 is 22.7 Å². The topological polar surface area (TPSA) is 77.0 Å². The summed E-state index contributed by atoms with van der Waals surface area (Å²) in [6, 6.07) is 7.77. The Hall–Kier alpha value is -2.32. The summed E-state index contributed by atoms with van der Waals surface area (Å²) in [5.74, 6) is 0.690. The largest absolute Gasteiger partial charge is 0.494 e. The van der Waals surface area contributed by atoms with Gasteiger partial charge in [-0.3, -0.25) is 4.79 Å². The van der Waals surface area contributed by atoms with Crippen molar-refractivity contribution < 1.29 is 9.53 Å². The van der Waals surface area contributed by atoms with Crippen molar-refractivity contribution in [3.8, 4) is 16.3 Å². The molecule has 0 aliphatic rings. The molecular formula is C15H14N4O2S2. The number of nitrogens with one attached hydrogen (secondary N) is 1. The molecule has 0 radical (unpaired) electrons. The van der Waals surface area contributed by atoms with Crippen molar-refractivity contribution in [3.63, 3.8) is 0 Å². The monoisotopic (exact) mass is 346 g/mol. The Bertz CT molecular complexity index is 769. The van der Waals surface area contributed by atoms with Crippen LogP contribution in [0.15, 0.2) is 35.2 Å². The summed E-state index contributed by atoms with van der Waals surface area (Å²) in [4.78, 5) is 16.4. The molecule has 3 rings (SSSR count). The van der Waals surface area contributed by atoms with Gasteiger partial charge in [0.25, 0.3) is 0 Å². The number of amides is 1.